The molecule has 0 heterocycles. The third-order valence-corrected chi connectivity index (χ3v) is 3.03. The van der Waals surface area contributed by atoms with E-state index < -0.39 is 0 Å². The Hall–Kier alpha value is -1.83. The molecule has 0 atom stereocenters. The average molecular weight is 229 g/mol. The van der Waals surface area contributed by atoms with Gasteiger partial charge in [-0.25, -0.2) is 4.39 Å². The van der Waals surface area contributed by atoms with Crippen molar-refractivity contribution in [3.05, 3.63) is 52.8 Å². The van der Waals surface area contributed by atoms with Crippen LogP contribution in [0.4, 0.5) is 10.1 Å². The van der Waals surface area contributed by atoms with Crippen molar-refractivity contribution in [1.29, 1.82) is 0 Å². The van der Waals surface area contributed by atoms with Gasteiger partial charge >= 0.3 is 0 Å². The Morgan fingerprint density at radius 2 is 1.59 bits per heavy atom. The van der Waals surface area contributed by atoms with Gasteiger partial charge in [0.25, 0.3) is 0 Å². The minimum Gasteiger partial charge on any atom is -0.398 e. The molecular formula is C15H16FN. The van der Waals surface area contributed by atoms with Crippen LogP contribution in [0.3, 0.4) is 0 Å². The summed E-state index contributed by atoms with van der Waals surface area (Å²) in [7, 11) is 0. The van der Waals surface area contributed by atoms with Crippen LogP contribution < -0.4 is 5.73 Å². The summed E-state index contributed by atoms with van der Waals surface area (Å²) in [5, 5.41) is 0. The van der Waals surface area contributed by atoms with Crippen LogP contribution in [0.15, 0.2) is 30.3 Å². The van der Waals surface area contributed by atoms with E-state index in [1.165, 1.54) is 11.6 Å². The number of nitrogens with two attached hydrogens (primary N) is 1. The number of anilines is 1. The molecule has 0 bridgehead atoms. The van der Waals surface area contributed by atoms with Gasteiger partial charge in [-0.2, -0.15) is 0 Å². The van der Waals surface area contributed by atoms with Crippen molar-refractivity contribution in [3.63, 3.8) is 0 Å². The zero-order valence-electron chi connectivity index (χ0n) is 10.3. The highest BCUT2D eigenvalue weighted by atomic mass is 19.1. The second-order valence-corrected chi connectivity index (χ2v) is 4.51. The van der Waals surface area contributed by atoms with Crippen LogP contribution in [0.5, 0.6) is 0 Å². The van der Waals surface area contributed by atoms with Crippen molar-refractivity contribution < 1.29 is 4.39 Å². The molecule has 0 saturated carbocycles. The molecular weight excluding hydrogens is 213 g/mol. The van der Waals surface area contributed by atoms with Crippen molar-refractivity contribution in [1.82, 2.24) is 0 Å². The lowest BCUT2D eigenvalue weighted by Crippen LogP contribution is -1.95. The van der Waals surface area contributed by atoms with Gasteiger partial charge in [0.2, 0.25) is 0 Å². The van der Waals surface area contributed by atoms with E-state index in [1.807, 2.05) is 39.0 Å². The molecule has 0 aliphatic heterocycles. The Morgan fingerprint density at radius 1 is 0.882 bits per heavy atom. The molecule has 2 heteroatoms. The van der Waals surface area contributed by atoms with Gasteiger partial charge in [0.15, 0.2) is 0 Å². The first kappa shape index (κ1) is 11.6. The summed E-state index contributed by atoms with van der Waals surface area (Å²) in [6.07, 6.45) is 0. The monoisotopic (exact) mass is 229 g/mol. The van der Waals surface area contributed by atoms with E-state index in [2.05, 4.69) is 0 Å². The molecule has 0 radical (unpaired) electrons. The Bertz CT molecular complexity index is 573. The normalized spacial score (nSPS) is 10.6. The molecule has 0 aliphatic rings. The van der Waals surface area contributed by atoms with E-state index in [4.69, 9.17) is 5.73 Å². The summed E-state index contributed by atoms with van der Waals surface area (Å²) in [6.45, 7) is 5.82. The molecule has 2 aromatic rings. The highest BCUT2D eigenvalue weighted by Crippen LogP contribution is 2.29. The fourth-order valence-electron chi connectivity index (χ4n) is 2.01. The van der Waals surface area contributed by atoms with Crippen LogP contribution >= 0.6 is 0 Å². The highest BCUT2D eigenvalue weighted by Gasteiger charge is 2.10. The molecule has 0 fully saturated rings. The van der Waals surface area contributed by atoms with Crippen LogP contribution in [0.2, 0.25) is 0 Å². The number of hydrogen-bond acceptors (Lipinski definition) is 1. The van der Waals surface area contributed by atoms with Gasteiger partial charge in [-0.05, 0) is 49.6 Å². The minimum atomic E-state index is -0.219. The van der Waals surface area contributed by atoms with Crippen LogP contribution in [-0.4, -0.2) is 0 Å². The zero-order valence-corrected chi connectivity index (χ0v) is 10.3. The summed E-state index contributed by atoms with van der Waals surface area (Å²) in [5.41, 5.74) is 11.0. The standard InChI is InChI=1S/C15H16FN/c1-9-4-5-12(10(2)6-9)13-8-15(17)11(3)7-14(13)16/h4-8H,17H2,1-3H3. The van der Waals surface area contributed by atoms with Gasteiger partial charge in [0, 0.05) is 11.3 Å². The number of nitrogen functional groups attached to an aromatic ring is 1. The van der Waals surface area contributed by atoms with Crippen molar-refractivity contribution >= 4 is 5.69 Å². The molecule has 17 heavy (non-hydrogen) atoms. The minimum absolute atomic E-state index is 0.219. The SMILES string of the molecule is Cc1ccc(-c2cc(N)c(C)cc2F)c(C)c1. The predicted molar refractivity (Wildman–Crippen MR) is 70.5 cm³/mol. The molecule has 88 valence electrons. The van der Waals surface area contributed by atoms with Gasteiger partial charge < -0.3 is 5.73 Å². The molecule has 0 aromatic heterocycles. The van der Waals surface area contributed by atoms with E-state index in [0.29, 0.717) is 11.3 Å². The highest BCUT2D eigenvalue weighted by molar-refractivity contribution is 5.72. The summed E-state index contributed by atoms with van der Waals surface area (Å²) < 4.78 is 13.9. The van der Waals surface area contributed by atoms with Crippen molar-refractivity contribution in [3.8, 4) is 11.1 Å². The van der Waals surface area contributed by atoms with Gasteiger partial charge in [0.05, 0.1) is 0 Å². The van der Waals surface area contributed by atoms with Crippen LogP contribution in [-0.2, 0) is 0 Å². The smallest absolute Gasteiger partial charge is 0.131 e. The quantitative estimate of drug-likeness (QED) is 0.735. The molecule has 0 aliphatic carbocycles. The number of halogens is 1. The Balaban J connectivity index is 2.64. The number of aryl methyl sites for hydroxylation is 3. The number of rotatable bonds is 1. The second kappa shape index (κ2) is 4.21. The molecule has 0 unspecified atom stereocenters. The molecule has 2 aromatic carbocycles. The lowest BCUT2D eigenvalue weighted by Gasteiger charge is -2.10. The maximum Gasteiger partial charge on any atom is 0.131 e. The largest absolute Gasteiger partial charge is 0.398 e. The summed E-state index contributed by atoms with van der Waals surface area (Å²) in [4.78, 5) is 0. The molecule has 1 nitrogen and oxygen atoms in total. The third kappa shape index (κ3) is 2.16. The van der Waals surface area contributed by atoms with Gasteiger partial charge in [-0.3, -0.25) is 0 Å². The summed E-state index contributed by atoms with van der Waals surface area (Å²) >= 11 is 0. The topological polar surface area (TPSA) is 26.0 Å². The second-order valence-electron chi connectivity index (χ2n) is 4.51. The molecule has 0 amide bonds. The molecule has 0 saturated heterocycles. The molecule has 0 spiro atoms. The maximum atomic E-state index is 13.9. The van der Waals surface area contributed by atoms with Crippen LogP contribution in [0, 0.1) is 26.6 Å². The molecule has 2 rings (SSSR count). The lowest BCUT2D eigenvalue weighted by molar-refractivity contribution is 0.630. The Morgan fingerprint density at radius 3 is 2.24 bits per heavy atom. The fraction of sp³-hybridized carbons (Fsp3) is 0.200. The first-order valence-electron chi connectivity index (χ1n) is 5.62. The van der Waals surface area contributed by atoms with E-state index in [-0.39, 0.29) is 5.82 Å². The van der Waals surface area contributed by atoms with Crippen molar-refractivity contribution in [2.75, 3.05) is 5.73 Å². The zero-order chi connectivity index (χ0) is 12.6. The van der Waals surface area contributed by atoms with Crippen LogP contribution in [0.1, 0.15) is 16.7 Å². The number of hydrogen-bond donors (Lipinski definition) is 1. The third-order valence-electron chi connectivity index (χ3n) is 3.03. The molecule has 2 N–H and O–H groups in total. The van der Waals surface area contributed by atoms with E-state index >= 15 is 0 Å². The van der Waals surface area contributed by atoms with Crippen molar-refractivity contribution in [2.24, 2.45) is 0 Å². The summed E-state index contributed by atoms with van der Waals surface area (Å²) in [6, 6.07) is 9.17. The van der Waals surface area contributed by atoms with E-state index in [9.17, 15) is 4.39 Å². The average Bonchev–Trinajstić information content (AvgIpc) is 2.24. The first-order chi connectivity index (χ1) is 7.99. The fourth-order valence-corrected chi connectivity index (χ4v) is 2.01. The number of benzene rings is 2. The van der Waals surface area contributed by atoms with E-state index in [1.54, 1.807) is 6.07 Å². The predicted octanol–water partition coefficient (Wildman–Crippen LogP) is 4.00. The van der Waals surface area contributed by atoms with Gasteiger partial charge in [0.1, 0.15) is 5.82 Å². The van der Waals surface area contributed by atoms with Crippen molar-refractivity contribution in [2.45, 2.75) is 20.8 Å². The maximum absolute atomic E-state index is 13.9. The van der Waals surface area contributed by atoms with E-state index in [0.717, 1.165) is 16.7 Å². The van der Waals surface area contributed by atoms with Gasteiger partial charge in [-0.1, -0.05) is 23.8 Å². The van der Waals surface area contributed by atoms with Gasteiger partial charge in [-0.15, -0.1) is 0 Å². The van der Waals surface area contributed by atoms with Crippen LogP contribution in [0.25, 0.3) is 11.1 Å². The lowest BCUT2D eigenvalue weighted by atomic mass is 9.97. The Kier molecular flexibility index (Phi) is 2.88. The summed E-state index contributed by atoms with van der Waals surface area (Å²) in [5.74, 6) is -0.219. The Labute approximate surface area is 101 Å². The first-order valence-corrected chi connectivity index (χ1v) is 5.62.